The molecule has 0 spiro atoms. The molecule has 0 saturated heterocycles. The van der Waals surface area contributed by atoms with E-state index in [1.807, 2.05) is 0 Å². The maximum Gasteiger partial charge on any atom is 0.0911 e. The van der Waals surface area contributed by atoms with Gasteiger partial charge in [0, 0.05) is 10.7 Å². The molecule has 0 aliphatic heterocycles. The molecule has 6 heteroatoms. The van der Waals surface area contributed by atoms with E-state index in [1.165, 1.54) is 0 Å². The predicted molar refractivity (Wildman–Crippen MR) is 22.1 cm³/mol. The zero-order valence-electron chi connectivity index (χ0n) is 4.40. The van der Waals surface area contributed by atoms with Crippen molar-refractivity contribution in [3.63, 3.8) is 0 Å². The van der Waals surface area contributed by atoms with Gasteiger partial charge in [0.05, 0.1) is 12.6 Å². The van der Waals surface area contributed by atoms with Crippen molar-refractivity contribution in [3.05, 3.63) is 6.92 Å². The van der Waals surface area contributed by atoms with Crippen LogP contribution in [0, 0.1) is 6.92 Å². The molecule has 9 heavy (non-hydrogen) atoms. The van der Waals surface area contributed by atoms with Gasteiger partial charge in [0.25, 0.3) is 0 Å². The summed E-state index contributed by atoms with van der Waals surface area (Å²) in [6, 6.07) is -1.68. The van der Waals surface area contributed by atoms with Crippen LogP contribution < -0.4 is 0 Å². The van der Waals surface area contributed by atoms with Crippen molar-refractivity contribution in [1.82, 2.24) is 10.7 Å². The summed E-state index contributed by atoms with van der Waals surface area (Å²) >= 11 is 0. The zero-order chi connectivity index (χ0) is 7.44. The largest absolute Gasteiger partial charge is 0.101 e. The lowest BCUT2D eigenvalue weighted by molar-refractivity contribution is -0.220. The fraction of sp³-hybridized carbons (Fsp3) is 0.667. The molecule has 0 amide bonds. The topological polar surface area (TPSA) is 6.48 Å². The van der Waals surface area contributed by atoms with Crippen LogP contribution in [0.1, 0.15) is 0 Å². The molecule has 0 aromatic rings. The second-order valence-electron chi connectivity index (χ2n) is 1.40. The van der Waals surface area contributed by atoms with Gasteiger partial charge >= 0.3 is 0 Å². The van der Waals surface area contributed by atoms with E-state index in [0.717, 1.165) is 0 Å². The highest BCUT2D eigenvalue weighted by Crippen LogP contribution is 2.02. The number of nitrogens with zero attached hydrogens (tertiary/aromatic N) is 2. The standard InChI is InChI=1S/C3H5F4N2/c1-3(9(6)7)2-8(4)5/h3H,1-2H2. The maximum absolute atomic E-state index is 11.2. The summed E-state index contributed by atoms with van der Waals surface area (Å²) in [7, 11) is 0. The first-order chi connectivity index (χ1) is 4.04. The monoisotopic (exact) mass is 145 g/mol. The van der Waals surface area contributed by atoms with Crippen molar-refractivity contribution in [2.24, 2.45) is 0 Å². The third kappa shape index (κ3) is 4.16. The lowest BCUT2D eigenvalue weighted by atomic mass is 10.4. The SMILES string of the molecule is [CH2]C(CN(F)F)N(F)F. The summed E-state index contributed by atoms with van der Waals surface area (Å²) < 4.78 is 44.6. The summed E-state index contributed by atoms with van der Waals surface area (Å²) in [6.45, 7) is 1.67. The Morgan fingerprint density at radius 3 is 1.78 bits per heavy atom. The fourth-order valence-corrected chi connectivity index (χ4v) is 0.221. The molecule has 0 aromatic carbocycles. The Morgan fingerprint density at radius 1 is 1.22 bits per heavy atom. The van der Waals surface area contributed by atoms with Crippen LogP contribution in [0.3, 0.4) is 0 Å². The van der Waals surface area contributed by atoms with E-state index in [0.29, 0.717) is 0 Å². The van der Waals surface area contributed by atoms with Crippen molar-refractivity contribution in [2.75, 3.05) is 6.54 Å². The third-order valence-electron chi connectivity index (χ3n) is 0.625. The molecular weight excluding hydrogens is 140 g/mol. The molecule has 55 valence electrons. The molecule has 0 aliphatic rings. The Morgan fingerprint density at radius 2 is 1.67 bits per heavy atom. The van der Waals surface area contributed by atoms with E-state index in [4.69, 9.17) is 0 Å². The summed E-state index contributed by atoms with van der Waals surface area (Å²) in [5.74, 6) is 0. The predicted octanol–water partition coefficient (Wildman–Crippen LogP) is 1.33. The Balaban J connectivity index is 3.38. The highest BCUT2D eigenvalue weighted by molar-refractivity contribution is 4.62. The Bertz CT molecular complexity index is 76.2. The molecule has 0 fully saturated rings. The van der Waals surface area contributed by atoms with E-state index < -0.39 is 23.3 Å². The molecule has 1 radical (unpaired) electrons. The van der Waals surface area contributed by atoms with Crippen LogP contribution in [0.5, 0.6) is 0 Å². The number of rotatable bonds is 3. The van der Waals surface area contributed by atoms with Crippen LogP contribution in [0.4, 0.5) is 17.9 Å². The van der Waals surface area contributed by atoms with E-state index in [1.54, 1.807) is 0 Å². The maximum atomic E-state index is 11.2. The quantitative estimate of drug-likeness (QED) is 0.436. The van der Waals surface area contributed by atoms with Crippen LogP contribution in [0.2, 0.25) is 0 Å². The van der Waals surface area contributed by atoms with Gasteiger partial charge in [-0.2, -0.15) is 0 Å². The highest BCUT2D eigenvalue weighted by Gasteiger charge is 2.16. The van der Waals surface area contributed by atoms with Gasteiger partial charge in [-0.05, 0) is 6.92 Å². The second-order valence-corrected chi connectivity index (χ2v) is 1.40. The van der Waals surface area contributed by atoms with Gasteiger partial charge in [0.1, 0.15) is 0 Å². The lowest BCUT2D eigenvalue weighted by Crippen LogP contribution is -2.27. The molecule has 0 aliphatic carbocycles. The van der Waals surface area contributed by atoms with Crippen LogP contribution in [-0.2, 0) is 0 Å². The number of hydrogen-bond donors (Lipinski definition) is 0. The minimum absolute atomic E-state index is 1.06. The molecule has 1 unspecified atom stereocenters. The average molecular weight is 145 g/mol. The van der Waals surface area contributed by atoms with E-state index in [2.05, 4.69) is 6.92 Å². The van der Waals surface area contributed by atoms with E-state index in [9.17, 15) is 17.9 Å². The third-order valence-corrected chi connectivity index (χ3v) is 0.625. The van der Waals surface area contributed by atoms with Crippen LogP contribution in [0.25, 0.3) is 0 Å². The molecule has 1 atom stereocenters. The molecule has 0 N–H and O–H groups in total. The lowest BCUT2D eigenvalue weighted by Gasteiger charge is -2.09. The van der Waals surface area contributed by atoms with Gasteiger partial charge in [-0.3, -0.25) is 0 Å². The first-order valence-electron chi connectivity index (χ1n) is 2.07. The minimum Gasteiger partial charge on any atom is -0.101 e. The minimum atomic E-state index is -1.68. The second kappa shape index (κ2) is 3.62. The van der Waals surface area contributed by atoms with E-state index in [-0.39, 0.29) is 0 Å². The van der Waals surface area contributed by atoms with Gasteiger partial charge < -0.3 is 0 Å². The molecule has 2 nitrogen and oxygen atoms in total. The van der Waals surface area contributed by atoms with Gasteiger partial charge in [-0.25, -0.2) is 0 Å². The summed E-state index contributed by atoms with van der Waals surface area (Å²) in [5.41, 5.74) is 0. The molecule has 0 bridgehead atoms. The normalized spacial score (nSPS) is 15.0. The summed E-state index contributed by atoms with van der Waals surface area (Å²) in [6.07, 6.45) is 0. The van der Waals surface area contributed by atoms with Crippen molar-refractivity contribution < 1.29 is 17.9 Å². The van der Waals surface area contributed by atoms with Gasteiger partial charge in [0.15, 0.2) is 0 Å². The Hall–Kier alpha value is -0.360. The Kier molecular flexibility index (Phi) is 3.48. The van der Waals surface area contributed by atoms with Crippen LogP contribution >= 0.6 is 0 Å². The van der Waals surface area contributed by atoms with Crippen molar-refractivity contribution >= 4 is 0 Å². The first kappa shape index (κ1) is 8.64. The molecule has 0 aromatic heterocycles. The van der Waals surface area contributed by atoms with Crippen LogP contribution in [0.15, 0.2) is 0 Å². The van der Waals surface area contributed by atoms with Gasteiger partial charge in [0.2, 0.25) is 0 Å². The Labute approximate surface area is 49.4 Å². The smallest absolute Gasteiger partial charge is 0.0911 e. The summed E-state index contributed by atoms with van der Waals surface area (Å²) in [5, 5.41) is -2.71. The molecule has 0 saturated carbocycles. The zero-order valence-corrected chi connectivity index (χ0v) is 4.40. The van der Waals surface area contributed by atoms with Crippen molar-refractivity contribution in [2.45, 2.75) is 6.04 Å². The average Bonchev–Trinajstić information content (AvgIpc) is 1.63. The first-order valence-corrected chi connectivity index (χ1v) is 2.07. The molecule has 0 heterocycles. The highest BCUT2D eigenvalue weighted by atomic mass is 19.4. The number of hydrogen-bond acceptors (Lipinski definition) is 2. The van der Waals surface area contributed by atoms with Crippen molar-refractivity contribution in [1.29, 1.82) is 0 Å². The van der Waals surface area contributed by atoms with Crippen LogP contribution in [-0.4, -0.2) is 23.3 Å². The van der Waals surface area contributed by atoms with E-state index >= 15 is 0 Å². The molecular formula is C3H5F4N2. The number of halogens is 4. The summed E-state index contributed by atoms with van der Waals surface area (Å²) in [4.78, 5) is 0. The van der Waals surface area contributed by atoms with Crippen molar-refractivity contribution in [3.8, 4) is 0 Å². The van der Waals surface area contributed by atoms with Gasteiger partial charge in [-0.1, -0.05) is 0 Å². The molecule has 0 rings (SSSR count). The van der Waals surface area contributed by atoms with Gasteiger partial charge in [-0.15, -0.1) is 17.9 Å². The fourth-order valence-electron chi connectivity index (χ4n) is 0.221.